The number of fused-ring (bicyclic) bond motifs is 1. The molecule has 1 aromatic carbocycles. The highest BCUT2D eigenvalue weighted by Gasteiger charge is 2.22. The van der Waals surface area contributed by atoms with Crippen LogP contribution in [0.4, 0.5) is 4.39 Å². The van der Waals surface area contributed by atoms with Gasteiger partial charge in [0.25, 0.3) is 0 Å². The molecule has 0 radical (unpaired) electrons. The van der Waals surface area contributed by atoms with Crippen LogP contribution >= 0.6 is 0 Å². The van der Waals surface area contributed by atoms with Crippen LogP contribution in [-0.2, 0) is 6.54 Å². The van der Waals surface area contributed by atoms with E-state index in [0.717, 1.165) is 24.1 Å². The molecule has 1 aliphatic carbocycles. The average molecular weight is 376 g/mol. The van der Waals surface area contributed by atoms with E-state index >= 15 is 0 Å². The van der Waals surface area contributed by atoms with Crippen LogP contribution in [0.5, 0.6) is 0 Å². The molecule has 1 N–H and O–H groups in total. The normalized spacial score (nSPS) is 15.3. The topological polar surface area (TPSA) is 72.3 Å². The Morgan fingerprint density at radius 3 is 2.79 bits per heavy atom. The number of nitrogens with one attached hydrogen (secondary N) is 1. The van der Waals surface area contributed by atoms with Crippen molar-refractivity contribution < 1.29 is 4.39 Å². The summed E-state index contributed by atoms with van der Waals surface area (Å²) >= 11 is 0. The van der Waals surface area contributed by atoms with E-state index in [9.17, 15) is 4.39 Å². The lowest BCUT2D eigenvalue weighted by molar-refractivity contribution is 0.429. The molecule has 142 valence electrons. The zero-order chi connectivity index (χ0) is 18.9. The molecule has 0 saturated heterocycles. The third-order valence-electron chi connectivity index (χ3n) is 5.49. The number of aromatic amines is 1. The zero-order valence-corrected chi connectivity index (χ0v) is 15.5. The van der Waals surface area contributed by atoms with Gasteiger partial charge in [-0.3, -0.25) is 5.10 Å². The van der Waals surface area contributed by atoms with Crippen molar-refractivity contribution in [2.75, 3.05) is 0 Å². The fourth-order valence-corrected chi connectivity index (χ4v) is 4.01. The number of benzene rings is 1. The first-order valence-electron chi connectivity index (χ1n) is 9.77. The highest BCUT2D eigenvalue weighted by Crippen LogP contribution is 2.32. The summed E-state index contributed by atoms with van der Waals surface area (Å²) in [6, 6.07) is 10.6. The molecule has 0 aliphatic heterocycles. The quantitative estimate of drug-likeness (QED) is 0.571. The van der Waals surface area contributed by atoms with E-state index in [4.69, 9.17) is 10.1 Å². The van der Waals surface area contributed by atoms with Gasteiger partial charge in [0.2, 0.25) is 5.82 Å². The van der Waals surface area contributed by atoms with E-state index in [2.05, 4.69) is 15.2 Å². The third kappa shape index (κ3) is 3.06. The van der Waals surface area contributed by atoms with Gasteiger partial charge in [0.1, 0.15) is 17.3 Å². The molecule has 0 unspecified atom stereocenters. The molecule has 1 fully saturated rings. The summed E-state index contributed by atoms with van der Waals surface area (Å²) in [5, 5.41) is 13.1. The van der Waals surface area contributed by atoms with Crippen LogP contribution in [0.2, 0.25) is 0 Å². The Balaban J connectivity index is 1.54. The van der Waals surface area contributed by atoms with Gasteiger partial charge in [-0.15, -0.1) is 0 Å². The summed E-state index contributed by atoms with van der Waals surface area (Å²) < 4.78 is 15.8. The number of rotatable bonds is 4. The zero-order valence-electron chi connectivity index (χ0n) is 15.5. The SMILES string of the molecule is Fc1ccccc1Cn1nc(-c2n[nH]c(C3CCCCC3)n2)c2cccnc21. The second-order valence-corrected chi connectivity index (χ2v) is 7.35. The molecule has 1 saturated carbocycles. The molecule has 5 rings (SSSR count). The minimum atomic E-state index is -0.249. The van der Waals surface area contributed by atoms with E-state index in [0.29, 0.717) is 35.2 Å². The Bertz CT molecular complexity index is 1110. The van der Waals surface area contributed by atoms with Gasteiger partial charge < -0.3 is 0 Å². The molecule has 28 heavy (non-hydrogen) atoms. The van der Waals surface area contributed by atoms with Crippen LogP contribution in [0.3, 0.4) is 0 Å². The first kappa shape index (κ1) is 17.0. The van der Waals surface area contributed by atoms with Crippen molar-refractivity contribution >= 4 is 11.0 Å². The number of H-pyrrole nitrogens is 1. The second-order valence-electron chi connectivity index (χ2n) is 7.35. The van der Waals surface area contributed by atoms with Crippen molar-refractivity contribution in [2.45, 2.75) is 44.6 Å². The van der Waals surface area contributed by atoms with Crippen LogP contribution in [0, 0.1) is 5.82 Å². The highest BCUT2D eigenvalue weighted by molar-refractivity contribution is 5.89. The van der Waals surface area contributed by atoms with Crippen molar-refractivity contribution in [2.24, 2.45) is 0 Å². The molecular weight excluding hydrogens is 355 g/mol. The standard InChI is InChI=1S/C21H21FN6/c22-17-11-5-4-9-15(17)13-28-21-16(10-6-12-23-21)18(27-28)20-24-19(25-26-20)14-7-2-1-3-8-14/h4-6,9-12,14H,1-3,7-8,13H2,(H,24,25,26). The van der Waals surface area contributed by atoms with E-state index in [1.54, 1.807) is 23.0 Å². The van der Waals surface area contributed by atoms with Gasteiger partial charge in [-0.1, -0.05) is 37.5 Å². The Hall–Kier alpha value is -3.09. The van der Waals surface area contributed by atoms with Crippen LogP contribution in [0.25, 0.3) is 22.6 Å². The van der Waals surface area contributed by atoms with Crippen molar-refractivity contribution in [1.82, 2.24) is 29.9 Å². The average Bonchev–Trinajstić information content (AvgIpc) is 3.36. The van der Waals surface area contributed by atoms with Crippen LogP contribution in [-0.4, -0.2) is 29.9 Å². The Morgan fingerprint density at radius 1 is 1.07 bits per heavy atom. The predicted molar refractivity (Wildman–Crippen MR) is 104 cm³/mol. The summed E-state index contributed by atoms with van der Waals surface area (Å²) in [6.07, 6.45) is 7.80. The molecule has 1 aliphatic rings. The van der Waals surface area contributed by atoms with Gasteiger partial charge in [-0.25, -0.2) is 19.0 Å². The fraction of sp³-hybridized carbons (Fsp3) is 0.333. The molecule has 0 bridgehead atoms. The lowest BCUT2D eigenvalue weighted by Crippen LogP contribution is -2.06. The molecule has 0 amide bonds. The van der Waals surface area contributed by atoms with E-state index in [-0.39, 0.29) is 5.82 Å². The largest absolute Gasteiger partial charge is 0.262 e. The number of nitrogens with zero attached hydrogens (tertiary/aromatic N) is 5. The maximum atomic E-state index is 14.1. The van der Waals surface area contributed by atoms with E-state index in [1.165, 1.54) is 25.3 Å². The summed E-state index contributed by atoms with van der Waals surface area (Å²) in [5.41, 5.74) is 1.95. The van der Waals surface area contributed by atoms with Crippen LogP contribution in [0.1, 0.15) is 49.4 Å². The molecule has 3 aromatic heterocycles. The molecule has 4 aromatic rings. The fourth-order valence-electron chi connectivity index (χ4n) is 4.01. The number of hydrogen-bond acceptors (Lipinski definition) is 4. The second kappa shape index (κ2) is 7.14. The Labute approximate surface area is 161 Å². The number of hydrogen-bond donors (Lipinski definition) is 1. The van der Waals surface area contributed by atoms with Gasteiger partial charge in [0.05, 0.1) is 11.9 Å². The summed E-state index contributed by atoms with van der Waals surface area (Å²) in [5.74, 6) is 1.71. The van der Waals surface area contributed by atoms with Gasteiger partial charge in [0.15, 0.2) is 5.65 Å². The number of pyridine rings is 1. The lowest BCUT2D eigenvalue weighted by Gasteiger charge is -2.18. The Morgan fingerprint density at radius 2 is 1.93 bits per heavy atom. The smallest absolute Gasteiger partial charge is 0.202 e. The van der Waals surface area contributed by atoms with Crippen molar-refractivity contribution in [1.29, 1.82) is 0 Å². The number of aromatic nitrogens is 6. The first-order valence-corrected chi connectivity index (χ1v) is 9.77. The van der Waals surface area contributed by atoms with Crippen LogP contribution in [0.15, 0.2) is 42.6 Å². The predicted octanol–water partition coefficient (Wildman–Crippen LogP) is 4.45. The van der Waals surface area contributed by atoms with Crippen molar-refractivity contribution in [3.05, 3.63) is 59.8 Å². The minimum absolute atomic E-state index is 0.249. The molecule has 0 atom stereocenters. The van der Waals surface area contributed by atoms with Gasteiger partial charge in [-0.2, -0.15) is 10.2 Å². The molecule has 3 heterocycles. The Kier molecular flexibility index (Phi) is 4.35. The summed E-state index contributed by atoms with van der Waals surface area (Å²) in [6.45, 7) is 0.306. The maximum Gasteiger partial charge on any atom is 0.202 e. The van der Waals surface area contributed by atoms with Gasteiger partial charge >= 0.3 is 0 Å². The van der Waals surface area contributed by atoms with Crippen molar-refractivity contribution in [3.8, 4) is 11.5 Å². The summed E-state index contributed by atoms with van der Waals surface area (Å²) in [7, 11) is 0. The van der Waals surface area contributed by atoms with E-state index in [1.807, 2.05) is 18.2 Å². The highest BCUT2D eigenvalue weighted by atomic mass is 19.1. The monoisotopic (exact) mass is 376 g/mol. The number of halogens is 1. The van der Waals surface area contributed by atoms with Gasteiger partial charge in [0, 0.05) is 17.7 Å². The lowest BCUT2D eigenvalue weighted by atomic mass is 9.89. The third-order valence-corrected chi connectivity index (χ3v) is 5.49. The molecular formula is C21H21FN6. The molecule has 7 heteroatoms. The summed E-state index contributed by atoms with van der Waals surface area (Å²) in [4.78, 5) is 9.21. The maximum absolute atomic E-state index is 14.1. The minimum Gasteiger partial charge on any atom is -0.262 e. The van der Waals surface area contributed by atoms with E-state index < -0.39 is 0 Å². The first-order chi connectivity index (χ1) is 13.8. The van der Waals surface area contributed by atoms with Crippen LogP contribution < -0.4 is 0 Å². The molecule has 6 nitrogen and oxygen atoms in total. The van der Waals surface area contributed by atoms with Gasteiger partial charge in [-0.05, 0) is 31.0 Å². The van der Waals surface area contributed by atoms with Crippen molar-refractivity contribution in [3.63, 3.8) is 0 Å². The molecule has 0 spiro atoms.